The quantitative estimate of drug-likeness (QED) is 0.655. The molecule has 0 aliphatic heterocycles. The molecule has 1 heterocycles. The molecular weight excluding hydrogens is 246 g/mol. The largest absolute Gasteiger partial charge is 0.367 e. The zero-order chi connectivity index (χ0) is 12.8. The summed E-state index contributed by atoms with van der Waals surface area (Å²) in [5.41, 5.74) is 2.59. The second-order valence-electron chi connectivity index (χ2n) is 5.08. The van der Waals surface area contributed by atoms with Crippen molar-refractivity contribution in [3.8, 4) is 0 Å². The highest BCUT2D eigenvalue weighted by atomic mass is 35.5. The summed E-state index contributed by atoms with van der Waals surface area (Å²) < 4.78 is 0. The summed E-state index contributed by atoms with van der Waals surface area (Å²) in [5.74, 6) is 1.78. The van der Waals surface area contributed by atoms with Crippen LogP contribution in [0, 0.1) is 0 Å². The predicted molar refractivity (Wildman–Crippen MR) is 76.3 cm³/mol. The van der Waals surface area contributed by atoms with Crippen LogP contribution in [0.4, 0.5) is 5.82 Å². The Labute approximate surface area is 114 Å². The Bertz CT molecular complexity index is 381. The third-order valence-electron chi connectivity index (χ3n) is 3.53. The van der Waals surface area contributed by atoms with E-state index in [4.69, 9.17) is 11.6 Å². The minimum Gasteiger partial charge on any atom is -0.367 e. The van der Waals surface area contributed by atoms with Gasteiger partial charge in [0.25, 0.3) is 0 Å². The van der Waals surface area contributed by atoms with Gasteiger partial charge in [0.15, 0.2) is 0 Å². The van der Waals surface area contributed by atoms with Crippen molar-refractivity contribution in [2.75, 3.05) is 11.2 Å². The third kappa shape index (κ3) is 3.58. The van der Waals surface area contributed by atoms with Crippen LogP contribution in [0.5, 0.6) is 0 Å². The number of hydrogen-bond donors (Lipinski definition) is 1. The lowest BCUT2D eigenvalue weighted by atomic mass is 10.1. The number of anilines is 1. The van der Waals surface area contributed by atoms with Gasteiger partial charge in [-0.05, 0) is 45.4 Å². The highest BCUT2D eigenvalue weighted by Crippen LogP contribution is 2.24. The van der Waals surface area contributed by atoms with Crippen LogP contribution in [0.2, 0.25) is 0 Å². The molecule has 3 nitrogen and oxygen atoms in total. The molecule has 18 heavy (non-hydrogen) atoms. The first kappa shape index (κ1) is 13.6. The number of aromatic nitrogens is 2. The van der Waals surface area contributed by atoms with Crippen molar-refractivity contribution in [3.05, 3.63) is 17.6 Å². The molecule has 0 saturated heterocycles. The molecule has 4 heteroatoms. The first-order valence-electron chi connectivity index (χ1n) is 6.96. The molecule has 1 aliphatic rings. The van der Waals surface area contributed by atoms with Crippen LogP contribution in [0.1, 0.15) is 50.3 Å². The Hall–Kier alpha value is -0.830. The number of alkyl halides is 1. The zero-order valence-electron chi connectivity index (χ0n) is 11.1. The van der Waals surface area contributed by atoms with E-state index in [0.29, 0.717) is 6.04 Å². The van der Waals surface area contributed by atoms with Crippen molar-refractivity contribution >= 4 is 17.4 Å². The second-order valence-corrected chi connectivity index (χ2v) is 5.46. The van der Waals surface area contributed by atoms with Crippen molar-refractivity contribution in [3.63, 3.8) is 0 Å². The highest BCUT2D eigenvalue weighted by Gasteiger charge is 2.15. The van der Waals surface area contributed by atoms with Crippen molar-refractivity contribution in [2.24, 2.45) is 0 Å². The topological polar surface area (TPSA) is 37.8 Å². The number of nitrogens with one attached hydrogen (secondary N) is 1. The number of aryl methyl sites for hydroxylation is 1. The fourth-order valence-corrected chi connectivity index (χ4v) is 2.67. The van der Waals surface area contributed by atoms with Gasteiger partial charge in [-0.15, -0.1) is 11.6 Å². The van der Waals surface area contributed by atoms with Crippen LogP contribution in [0.3, 0.4) is 0 Å². The summed E-state index contributed by atoms with van der Waals surface area (Å²) in [5, 5.41) is 3.52. The summed E-state index contributed by atoms with van der Waals surface area (Å²) in [6, 6.07) is 0.422. The lowest BCUT2D eigenvalue weighted by Gasteiger charge is -2.17. The van der Waals surface area contributed by atoms with Crippen molar-refractivity contribution in [1.82, 2.24) is 9.97 Å². The van der Waals surface area contributed by atoms with E-state index in [1.54, 1.807) is 6.33 Å². The van der Waals surface area contributed by atoms with Crippen LogP contribution in [0.15, 0.2) is 6.33 Å². The SMILES string of the molecule is CC(CCCCl)Nc1ncnc2c1CCCCC2. The van der Waals surface area contributed by atoms with Gasteiger partial charge >= 0.3 is 0 Å². The number of halogens is 1. The Morgan fingerprint density at radius 2 is 2.11 bits per heavy atom. The number of hydrogen-bond acceptors (Lipinski definition) is 3. The smallest absolute Gasteiger partial charge is 0.133 e. The molecule has 0 amide bonds. The Kier molecular flexibility index (Phi) is 5.24. The molecule has 0 spiro atoms. The van der Waals surface area contributed by atoms with Gasteiger partial charge in [0.1, 0.15) is 12.1 Å². The molecule has 0 saturated carbocycles. The molecular formula is C14H22ClN3. The monoisotopic (exact) mass is 267 g/mol. The Balaban J connectivity index is 2.08. The molecule has 1 aromatic rings. The number of nitrogens with zero attached hydrogens (tertiary/aromatic N) is 2. The molecule has 1 atom stereocenters. The lowest BCUT2D eigenvalue weighted by Crippen LogP contribution is -2.18. The zero-order valence-corrected chi connectivity index (χ0v) is 11.8. The van der Waals surface area contributed by atoms with Crippen molar-refractivity contribution < 1.29 is 0 Å². The summed E-state index contributed by atoms with van der Waals surface area (Å²) in [7, 11) is 0. The molecule has 1 aromatic heterocycles. The number of fused-ring (bicyclic) bond motifs is 1. The molecule has 2 rings (SSSR count). The minimum atomic E-state index is 0.422. The normalized spacial score (nSPS) is 16.8. The third-order valence-corrected chi connectivity index (χ3v) is 3.80. The van der Waals surface area contributed by atoms with E-state index in [1.165, 1.54) is 30.5 Å². The first-order chi connectivity index (χ1) is 8.81. The standard InChI is InChI=1S/C14H22ClN3/c1-11(6-5-9-15)18-14-12-7-3-2-4-8-13(12)16-10-17-14/h10-11H,2-9H2,1H3,(H,16,17,18). The van der Waals surface area contributed by atoms with Gasteiger partial charge in [-0.2, -0.15) is 0 Å². The van der Waals surface area contributed by atoms with Crippen LogP contribution < -0.4 is 5.32 Å². The Morgan fingerprint density at radius 1 is 1.28 bits per heavy atom. The van der Waals surface area contributed by atoms with Crippen molar-refractivity contribution in [2.45, 2.75) is 57.9 Å². The molecule has 0 fully saturated rings. The fraction of sp³-hybridized carbons (Fsp3) is 0.714. The van der Waals surface area contributed by atoms with Gasteiger partial charge < -0.3 is 5.32 Å². The van der Waals surface area contributed by atoms with Crippen LogP contribution in [0.25, 0.3) is 0 Å². The van der Waals surface area contributed by atoms with E-state index in [1.807, 2.05) is 0 Å². The average Bonchev–Trinajstić information content (AvgIpc) is 2.62. The fourth-order valence-electron chi connectivity index (χ4n) is 2.51. The van der Waals surface area contributed by atoms with Gasteiger partial charge in [-0.25, -0.2) is 9.97 Å². The maximum absolute atomic E-state index is 5.73. The summed E-state index contributed by atoms with van der Waals surface area (Å²) in [6.45, 7) is 2.19. The number of rotatable bonds is 5. The molecule has 1 N–H and O–H groups in total. The van der Waals surface area contributed by atoms with Gasteiger partial charge in [0, 0.05) is 23.2 Å². The Morgan fingerprint density at radius 3 is 2.94 bits per heavy atom. The molecule has 1 unspecified atom stereocenters. The summed E-state index contributed by atoms with van der Waals surface area (Å²) >= 11 is 5.73. The minimum absolute atomic E-state index is 0.422. The van der Waals surface area contributed by atoms with E-state index >= 15 is 0 Å². The van der Waals surface area contributed by atoms with Crippen LogP contribution in [-0.2, 0) is 12.8 Å². The van der Waals surface area contributed by atoms with Crippen LogP contribution in [-0.4, -0.2) is 21.9 Å². The predicted octanol–water partition coefficient (Wildman–Crippen LogP) is 3.56. The maximum Gasteiger partial charge on any atom is 0.133 e. The first-order valence-corrected chi connectivity index (χ1v) is 7.50. The van der Waals surface area contributed by atoms with Gasteiger partial charge in [0.05, 0.1) is 0 Å². The summed E-state index contributed by atoms with van der Waals surface area (Å²) in [6.07, 6.45) is 9.85. The summed E-state index contributed by atoms with van der Waals surface area (Å²) in [4.78, 5) is 8.86. The van der Waals surface area contributed by atoms with E-state index < -0.39 is 0 Å². The molecule has 0 radical (unpaired) electrons. The van der Waals surface area contributed by atoms with E-state index in [0.717, 1.165) is 37.4 Å². The van der Waals surface area contributed by atoms with E-state index in [2.05, 4.69) is 22.2 Å². The molecule has 0 bridgehead atoms. The molecule has 100 valence electrons. The van der Waals surface area contributed by atoms with Crippen LogP contribution >= 0.6 is 11.6 Å². The maximum atomic E-state index is 5.73. The molecule has 0 aromatic carbocycles. The van der Waals surface area contributed by atoms with Crippen molar-refractivity contribution in [1.29, 1.82) is 0 Å². The second kappa shape index (κ2) is 6.93. The average molecular weight is 268 g/mol. The van der Waals surface area contributed by atoms with E-state index in [9.17, 15) is 0 Å². The highest BCUT2D eigenvalue weighted by molar-refractivity contribution is 6.17. The lowest BCUT2D eigenvalue weighted by molar-refractivity contribution is 0.686. The molecule has 1 aliphatic carbocycles. The van der Waals surface area contributed by atoms with Gasteiger partial charge in [0.2, 0.25) is 0 Å². The van der Waals surface area contributed by atoms with E-state index in [-0.39, 0.29) is 0 Å². The van der Waals surface area contributed by atoms with Gasteiger partial charge in [-0.3, -0.25) is 0 Å². The van der Waals surface area contributed by atoms with Gasteiger partial charge in [-0.1, -0.05) is 6.42 Å².